The van der Waals surface area contributed by atoms with Crippen LogP contribution in [-0.2, 0) is 9.59 Å². The lowest BCUT2D eigenvalue weighted by Gasteiger charge is -2.42. The summed E-state index contributed by atoms with van der Waals surface area (Å²) in [6, 6.07) is 25.4. The molecule has 1 fully saturated rings. The molecule has 0 radical (unpaired) electrons. The maximum Gasteiger partial charge on any atom is 0.242 e. The Morgan fingerprint density at radius 1 is 0.846 bits per heavy atom. The summed E-state index contributed by atoms with van der Waals surface area (Å²) < 4.78 is 39.2. The molecule has 1 saturated heterocycles. The molecule has 8 nitrogen and oxygen atoms in total. The first kappa shape index (κ1) is 35.2. The van der Waals surface area contributed by atoms with Gasteiger partial charge in [-0.1, -0.05) is 50.2 Å². The van der Waals surface area contributed by atoms with Crippen molar-refractivity contribution in [3.63, 3.8) is 0 Å². The number of piperazine rings is 1. The lowest BCUT2D eigenvalue weighted by molar-refractivity contribution is -0.131. The van der Waals surface area contributed by atoms with E-state index in [0.29, 0.717) is 56.1 Å². The van der Waals surface area contributed by atoms with Crippen LogP contribution >= 0.6 is 0 Å². The highest BCUT2D eigenvalue weighted by Crippen LogP contribution is 2.50. The van der Waals surface area contributed by atoms with Crippen LogP contribution in [0.25, 0.3) is 0 Å². The standard InChI is InChI=1S/C42H44F2N4O4/c1-42(2)24-34-39(36(49)25-42)41(32-18-17-31(51-3)23-37(32)52-4)48(35-8-6-5-7-33(35)45-34)26-38(50)46-19-21-47(22-20-46)40(27-9-13-29(43)14-10-27)28-11-15-30(44)16-12-28/h5-18,23,40-41,45H,19-22,24-26H2,1-4H3. The number of hydrogen-bond donors (Lipinski definition) is 1. The second-order valence-electron chi connectivity index (χ2n) is 14.5. The number of methoxy groups -OCH3 is 2. The maximum atomic E-state index is 14.5. The number of carbonyl (C=O) groups excluding carboxylic acids is 2. The van der Waals surface area contributed by atoms with Crippen molar-refractivity contribution in [2.75, 3.05) is 57.2 Å². The van der Waals surface area contributed by atoms with E-state index in [-0.39, 0.29) is 41.3 Å². The van der Waals surface area contributed by atoms with E-state index in [0.717, 1.165) is 33.8 Å². The Morgan fingerprint density at radius 2 is 1.48 bits per heavy atom. The predicted molar refractivity (Wildman–Crippen MR) is 198 cm³/mol. The third-order valence-corrected chi connectivity index (χ3v) is 10.4. The van der Waals surface area contributed by atoms with Crippen LogP contribution in [-0.4, -0.2) is 68.4 Å². The van der Waals surface area contributed by atoms with Crippen LogP contribution in [0.1, 0.15) is 55.5 Å². The van der Waals surface area contributed by atoms with E-state index in [9.17, 15) is 18.4 Å². The second kappa shape index (κ2) is 14.4. The molecule has 1 N–H and O–H groups in total. The normalized spacial score (nSPS) is 18.8. The van der Waals surface area contributed by atoms with Gasteiger partial charge in [0.1, 0.15) is 23.1 Å². The van der Waals surface area contributed by atoms with Crippen molar-refractivity contribution in [2.24, 2.45) is 5.41 Å². The van der Waals surface area contributed by atoms with Crippen LogP contribution in [0, 0.1) is 17.0 Å². The summed E-state index contributed by atoms with van der Waals surface area (Å²) in [7, 11) is 3.20. The average molecular weight is 707 g/mol. The molecule has 0 aromatic heterocycles. The second-order valence-corrected chi connectivity index (χ2v) is 14.5. The molecule has 0 bridgehead atoms. The fourth-order valence-corrected chi connectivity index (χ4v) is 7.97. The molecular formula is C42H44F2N4O4. The highest BCUT2D eigenvalue weighted by atomic mass is 19.1. The van der Waals surface area contributed by atoms with E-state index >= 15 is 0 Å². The molecule has 7 rings (SSSR count). The van der Waals surface area contributed by atoms with Gasteiger partial charge >= 0.3 is 0 Å². The molecule has 10 heteroatoms. The predicted octanol–water partition coefficient (Wildman–Crippen LogP) is 7.53. The quantitative estimate of drug-likeness (QED) is 0.203. The lowest BCUT2D eigenvalue weighted by Crippen LogP contribution is -2.52. The van der Waals surface area contributed by atoms with Crippen molar-refractivity contribution >= 4 is 23.1 Å². The Bertz CT molecular complexity index is 1940. The number of ketones is 1. The Labute approximate surface area is 303 Å². The molecule has 4 aromatic rings. The molecule has 0 saturated carbocycles. The fourth-order valence-electron chi connectivity index (χ4n) is 7.97. The number of rotatable bonds is 8. The molecule has 270 valence electrons. The lowest BCUT2D eigenvalue weighted by atomic mass is 9.73. The van der Waals surface area contributed by atoms with Crippen LogP contribution in [0.2, 0.25) is 0 Å². The highest BCUT2D eigenvalue weighted by molar-refractivity contribution is 6.02. The van der Waals surface area contributed by atoms with Crippen LogP contribution in [0.4, 0.5) is 20.2 Å². The van der Waals surface area contributed by atoms with E-state index in [1.165, 1.54) is 24.3 Å². The van der Waals surface area contributed by atoms with Crippen LogP contribution in [0.15, 0.2) is 102 Å². The third kappa shape index (κ3) is 6.99. The van der Waals surface area contributed by atoms with Crippen molar-refractivity contribution in [3.8, 4) is 11.5 Å². The van der Waals surface area contributed by atoms with E-state index in [1.807, 2.05) is 52.3 Å². The minimum atomic E-state index is -0.609. The van der Waals surface area contributed by atoms with Crippen molar-refractivity contribution in [3.05, 3.63) is 131 Å². The van der Waals surface area contributed by atoms with Crippen molar-refractivity contribution < 1.29 is 27.8 Å². The van der Waals surface area contributed by atoms with Gasteiger partial charge in [0.15, 0.2) is 5.78 Å². The number of Topliss-reactive ketones (excluding diaryl/α,β-unsaturated/α-hetero) is 1. The van der Waals surface area contributed by atoms with Crippen molar-refractivity contribution in [2.45, 2.75) is 38.8 Å². The fraction of sp³-hybridized carbons (Fsp3) is 0.333. The van der Waals surface area contributed by atoms with Gasteiger partial charge in [0.05, 0.1) is 44.2 Å². The monoisotopic (exact) mass is 706 g/mol. The molecule has 0 spiro atoms. The minimum absolute atomic E-state index is 0.0192. The molecule has 4 aromatic carbocycles. The third-order valence-electron chi connectivity index (χ3n) is 10.4. The van der Waals surface area contributed by atoms with Gasteiger partial charge in [0.2, 0.25) is 5.91 Å². The number of para-hydroxylation sites is 2. The molecular weight excluding hydrogens is 662 g/mol. The van der Waals surface area contributed by atoms with E-state index < -0.39 is 6.04 Å². The van der Waals surface area contributed by atoms with Gasteiger partial charge in [0, 0.05) is 55.5 Å². The first-order valence-electron chi connectivity index (χ1n) is 17.7. The molecule has 2 aliphatic heterocycles. The Hall–Kier alpha value is -5.22. The number of nitrogens with one attached hydrogen (secondary N) is 1. The molecule has 2 heterocycles. The zero-order chi connectivity index (χ0) is 36.6. The number of fused-ring (bicyclic) bond motifs is 1. The molecule has 3 aliphatic rings. The minimum Gasteiger partial charge on any atom is -0.497 e. The topological polar surface area (TPSA) is 74.4 Å². The van der Waals surface area contributed by atoms with Gasteiger partial charge in [-0.2, -0.15) is 0 Å². The van der Waals surface area contributed by atoms with E-state index in [4.69, 9.17) is 9.47 Å². The summed E-state index contributed by atoms with van der Waals surface area (Å²) in [5.41, 5.74) is 5.44. The smallest absolute Gasteiger partial charge is 0.242 e. The summed E-state index contributed by atoms with van der Waals surface area (Å²) in [4.78, 5) is 34.9. The Balaban J connectivity index is 1.22. The number of anilines is 2. The zero-order valence-electron chi connectivity index (χ0n) is 30.0. The van der Waals surface area contributed by atoms with Gasteiger partial charge < -0.3 is 24.6 Å². The number of amides is 1. The largest absolute Gasteiger partial charge is 0.497 e. The van der Waals surface area contributed by atoms with Gasteiger partial charge in [-0.05, 0) is 71.5 Å². The summed E-state index contributed by atoms with van der Waals surface area (Å²) in [5, 5.41) is 3.62. The SMILES string of the molecule is COc1ccc(C2C3=C(CC(C)(C)CC3=O)Nc3ccccc3N2CC(=O)N2CCN(C(c3ccc(F)cc3)c3ccc(F)cc3)CC2)c(OC)c1. The van der Waals surface area contributed by atoms with Gasteiger partial charge in [-0.3, -0.25) is 14.5 Å². The van der Waals surface area contributed by atoms with Crippen LogP contribution in [0.3, 0.4) is 0 Å². The van der Waals surface area contributed by atoms with E-state index in [2.05, 4.69) is 24.1 Å². The Kier molecular flexibility index (Phi) is 9.76. The van der Waals surface area contributed by atoms with Crippen molar-refractivity contribution in [1.29, 1.82) is 0 Å². The van der Waals surface area contributed by atoms with Crippen molar-refractivity contribution in [1.82, 2.24) is 9.80 Å². The summed E-state index contributed by atoms with van der Waals surface area (Å²) in [6.07, 6.45) is 1.05. The summed E-state index contributed by atoms with van der Waals surface area (Å²) >= 11 is 0. The molecule has 1 aliphatic carbocycles. The molecule has 1 atom stereocenters. The van der Waals surface area contributed by atoms with Gasteiger partial charge in [0.25, 0.3) is 0 Å². The Morgan fingerprint density at radius 3 is 2.10 bits per heavy atom. The zero-order valence-corrected chi connectivity index (χ0v) is 30.0. The number of nitrogens with zero attached hydrogens (tertiary/aromatic N) is 3. The number of hydrogen-bond acceptors (Lipinski definition) is 7. The number of ether oxygens (including phenoxy) is 2. The van der Waals surface area contributed by atoms with Gasteiger partial charge in [-0.25, -0.2) is 8.78 Å². The van der Waals surface area contributed by atoms with Crippen LogP contribution < -0.4 is 19.7 Å². The average Bonchev–Trinajstić information content (AvgIpc) is 3.27. The first-order chi connectivity index (χ1) is 25.0. The number of allylic oxidation sites excluding steroid dienone is 1. The number of carbonyl (C=O) groups is 2. The summed E-state index contributed by atoms with van der Waals surface area (Å²) in [5.74, 6) is 0.502. The molecule has 52 heavy (non-hydrogen) atoms. The molecule has 1 amide bonds. The van der Waals surface area contributed by atoms with Crippen LogP contribution in [0.5, 0.6) is 11.5 Å². The van der Waals surface area contributed by atoms with E-state index in [1.54, 1.807) is 38.5 Å². The number of benzene rings is 4. The molecule has 1 unspecified atom stereocenters. The van der Waals surface area contributed by atoms with Gasteiger partial charge in [-0.15, -0.1) is 0 Å². The summed E-state index contributed by atoms with van der Waals surface area (Å²) in [6.45, 7) is 6.27. The maximum absolute atomic E-state index is 14.5. The first-order valence-corrected chi connectivity index (χ1v) is 17.7. The number of halogens is 2. The highest BCUT2D eigenvalue weighted by Gasteiger charge is 2.43.